The lowest BCUT2D eigenvalue weighted by atomic mass is 10.1. The van der Waals surface area contributed by atoms with Gasteiger partial charge < -0.3 is 5.32 Å². The summed E-state index contributed by atoms with van der Waals surface area (Å²) in [4.78, 5) is 6.20. The van der Waals surface area contributed by atoms with Crippen LogP contribution >= 0.6 is 22.7 Å². The fraction of sp³-hybridized carbons (Fsp3) is 0.500. The number of hydrogen-bond donors (Lipinski definition) is 1. The van der Waals surface area contributed by atoms with Crippen LogP contribution < -0.4 is 5.32 Å². The Kier molecular flexibility index (Phi) is 4.92. The molecule has 0 aromatic carbocycles. The van der Waals surface area contributed by atoms with Crippen molar-refractivity contribution in [2.45, 2.75) is 39.7 Å². The van der Waals surface area contributed by atoms with Crippen LogP contribution in [-0.4, -0.2) is 11.5 Å². The van der Waals surface area contributed by atoms with E-state index in [4.69, 9.17) is 4.98 Å². The highest BCUT2D eigenvalue weighted by Crippen LogP contribution is 2.32. The number of hydrogen-bond acceptors (Lipinski definition) is 4. The maximum atomic E-state index is 4.82. The molecule has 0 atom stereocenters. The van der Waals surface area contributed by atoms with Crippen molar-refractivity contribution in [1.29, 1.82) is 0 Å². The van der Waals surface area contributed by atoms with Crippen LogP contribution in [0.3, 0.4) is 0 Å². The minimum absolute atomic E-state index is 0.493. The highest BCUT2D eigenvalue weighted by molar-refractivity contribution is 7.15. The van der Waals surface area contributed by atoms with Gasteiger partial charge in [-0.15, -0.1) is 11.3 Å². The van der Waals surface area contributed by atoms with E-state index < -0.39 is 0 Å². The second kappa shape index (κ2) is 6.45. The number of thiazole rings is 1. The third-order valence-electron chi connectivity index (χ3n) is 2.75. The zero-order valence-electron chi connectivity index (χ0n) is 11.2. The summed E-state index contributed by atoms with van der Waals surface area (Å²) >= 11 is 3.56. The third-order valence-corrected chi connectivity index (χ3v) is 4.56. The summed E-state index contributed by atoms with van der Waals surface area (Å²) in [5.41, 5.74) is 2.51. The molecule has 2 rings (SSSR count). The topological polar surface area (TPSA) is 24.9 Å². The monoisotopic (exact) mass is 280 g/mol. The van der Waals surface area contributed by atoms with Gasteiger partial charge in [-0.1, -0.05) is 20.8 Å². The molecule has 0 aliphatic rings. The van der Waals surface area contributed by atoms with Crippen LogP contribution in [0, 0.1) is 0 Å². The van der Waals surface area contributed by atoms with Crippen LogP contribution in [0.25, 0.3) is 10.6 Å². The van der Waals surface area contributed by atoms with Crippen molar-refractivity contribution in [1.82, 2.24) is 10.3 Å². The van der Waals surface area contributed by atoms with E-state index in [2.05, 4.69) is 42.9 Å². The summed E-state index contributed by atoms with van der Waals surface area (Å²) in [6.07, 6.45) is 1.17. The third kappa shape index (κ3) is 3.19. The first kappa shape index (κ1) is 13.7. The van der Waals surface area contributed by atoms with Crippen molar-refractivity contribution in [3.63, 3.8) is 0 Å². The van der Waals surface area contributed by atoms with Crippen LogP contribution in [0.5, 0.6) is 0 Å². The SMILES string of the molecule is CCCNCc1sc(-c2ccsc2)nc1C(C)C. The van der Waals surface area contributed by atoms with Crippen molar-refractivity contribution in [3.05, 3.63) is 27.4 Å². The molecule has 0 radical (unpaired) electrons. The summed E-state index contributed by atoms with van der Waals surface area (Å²) in [6.45, 7) is 8.65. The van der Waals surface area contributed by atoms with E-state index >= 15 is 0 Å². The lowest BCUT2D eigenvalue weighted by Gasteiger charge is -2.05. The fourth-order valence-electron chi connectivity index (χ4n) is 1.83. The van der Waals surface area contributed by atoms with Gasteiger partial charge >= 0.3 is 0 Å². The maximum absolute atomic E-state index is 4.82. The quantitative estimate of drug-likeness (QED) is 0.788. The molecule has 2 heterocycles. The average Bonchev–Trinajstić information content (AvgIpc) is 2.97. The molecule has 0 amide bonds. The van der Waals surface area contributed by atoms with Gasteiger partial charge in [0.15, 0.2) is 0 Å². The van der Waals surface area contributed by atoms with Gasteiger partial charge in [0.25, 0.3) is 0 Å². The standard InChI is InChI=1S/C14H20N2S2/c1-4-6-15-8-12-13(10(2)3)16-14(18-12)11-5-7-17-9-11/h5,7,9-10,15H,4,6,8H2,1-3H3. The molecule has 4 heteroatoms. The Morgan fingerprint density at radius 3 is 2.83 bits per heavy atom. The Labute approximate surface area is 117 Å². The molecule has 0 unspecified atom stereocenters. The van der Waals surface area contributed by atoms with E-state index in [9.17, 15) is 0 Å². The van der Waals surface area contributed by atoms with Crippen molar-refractivity contribution < 1.29 is 0 Å². The largest absolute Gasteiger partial charge is 0.312 e. The average molecular weight is 280 g/mol. The van der Waals surface area contributed by atoms with Gasteiger partial charge in [0.05, 0.1) is 5.69 Å². The van der Waals surface area contributed by atoms with Crippen LogP contribution in [-0.2, 0) is 6.54 Å². The van der Waals surface area contributed by atoms with E-state index in [-0.39, 0.29) is 0 Å². The summed E-state index contributed by atoms with van der Waals surface area (Å²) in [7, 11) is 0. The highest BCUT2D eigenvalue weighted by Gasteiger charge is 2.15. The Balaban J connectivity index is 2.21. The molecule has 2 aromatic heterocycles. The summed E-state index contributed by atoms with van der Waals surface area (Å²) in [5.74, 6) is 0.493. The molecule has 2 aromatic rings. The molecule has 0 saturated carbocycles. The van der Waals surface area contributed by atoms with Crippen molar-refractivity contribution in [2.24, 2.45) is 0 Å². The summed E-state index contributed by atoms with van der Waals surface area (Å²) < 4.78 is 0. The zero-order valence-corrected chi connectivity index (χ0v) is 12.8. The van der Waals surface area contributed by atoms with E-state index in [0.717, 1.165) is 18.1 Å². The minimum Gasteiger partial charge on any atom is -0.312 e. The van der Waals surface area contributed by atoms with Gasteiger partial charge in [0.2, 0.25) is 0 Å². The van der Waals surface area contributed by atoms with E-state index in [0.29, 0.717) is 5.92 Å². The van der Waals surface area contributed by atoms with Crippen LogP contribution in [0.4, 0.5) is 0 Å². The first-order valence-corrected chi connectivity index (χ1v) is 8.21. The predicted molar refractivity (Wildman–Crippen MR) is 81.5 cm³/mol. The van der Waals surface area contributed by atoms with Gasteiger partial charge in [-0.3, -0.25) is 0 Å². The lowest BCUT2D eigenvalue weighted by Crippen LogP contribution is -2.14. The molecule has 0 fully saturated rings. The summed E-state index contributed by atoms with van der Waals surface area (Å²) in [6, 6.07) is 2.15. The van der Waals surface area contributed by atoms with Crippen LogP contribution in [0.1, 0.15) is 43.7 Å². The first-order chi connectivity index (χ1) is 8.72. The Morgan fingerprint density at radius 1 is 1.39 bits per heavy atom. The molecule has 0 aliphatic carbocycles. The molecule has 0 spiro atoms. The van der Waals surface area contributed by atoms with Crippen molar-refractivity contribution in [3.8, 4) is 10.6 Å². The molecule has 98 valence electrons. The lowest BCUT2D eigenvalue weighted by molar-refractivity contribution is 0.670. The Hall–Kier alpha value is -0.710. The molecule has 0 saturated heterocycles. The fourth-order valence-corrected chi connectivity index (χ4v) is 3.73. The van der Waals surface area contributed by atoms with Crippen LogP contribution in [0.2, 0.25) is 0 Å². The maximum Gasteiger partial charge on any atom is 0.124 e. The molecular weight excluding hydrogens is 260 g/mol. The zero-order chi connectivity index (χ0) is 13.0. The second-order valence-electron chi connectivity index (χ2n) is 4.67. The number of thiophene rings is 1. The molecule has 0 bridgehead atoms. The second-order valence-corrected chi connectivity index (χ2v) is 6.53. The number of rotatable bonds is 6. The predicted octanol–water partition coefficient (Wildman–Crippen LogP) is 4.49. The molecule has 0 aliphatic heterocycles. The smallest absolute Gasteiger partial charge is 0.124 e. The van der Waals surface area contributed by atoms with Gasteiger partial charge in [-0.05, 0) is 30.3 Å². The highest BCUT2D eigenvalue weighted by atomic mass is 32.1. The van der Waals surface area contributed by atoms with E-state index in [1.54, 1.807) is 11.3 Å². The molecule has 18 heavy (non-hydrogen) atoms. The molecular formula is C14H20N2S2. The summed E-state index contributed by atoms with van der Waals surface area (Å²) in [5, 5.41) is 8.92. The minimum atomic E-state index is 0.493. The van der Waals surface area contributed by atoms with Gasteiger partial charge in [0, 0.05) is 22.4 Å². The number of nitrogens with zero attached hydrogens (tertiary/aromatic N) is 1. The first-order valence-electron chi connectivity index (χ1n) is 6.45. The van der Waals surface area contributed by atoms with Crippen molar-refractivity contribution >= 4 is 22.7 Å². The van der Waals surface area contributed by atoms with Crippen LogP contribution in [0.15, 0.2) is 16.8 Å². The Morgan fingerprint density at radius 2 is 2.22 bits per heavy atom. The molecule has 1 N–H and O–H groups in total. The normalized spacial score (nSPS) is 11.3. The van der Waals surface area contributed by atoms with E-state index in [1.165, 1.54) is 22.6 Å². The number of aromatic nitrogens is 1. The van der Waals surface area contributed by atoms with Gasteiger partial charge in [-0.25, -0.2) is 4.98 Å². The number of nitrogens with one attached hydrogen (secondary N) is 1. The Bertz CT molecular complexity index is 472. The van der Waals surface area contributed by atoms with Gasteiger partial charge in [0.1, 0.15) is 5.01 Å². The van der Waals surface area contributed by atoms with E-state index in [1.807, 2.05) is 11.3 Å². The molecule has 2 nitrogen and oxygen atoms in total. The van der Waals surface area contributed by atoms with Crippen molar-refractivity contribution in [2.75, 3.05) is 6.54 Å². The van der Waals surface area contributed by atoms with Gasteiger partial charge in [-0.2, -0.15) is 11.3 Å².